The third-order valence-electron chi connectivity index (χ3n) is 9.87. The van der Waals surface area contributed by atoms with E-state index in [1.165, 1.54) is 17.2 Å². The van der Waals surface area contributed by atoms with Crippen molar-refractivity contribution in [1.82, 2.24) is 20.0 Å². The Bertz CT molecular complexity index is 1820. The van der Waals surface area contributed by atoms with Gasteiger partial charge in [-0.1, -0.05) is 49.9 Å². The highest BCUT2D eigenvalue weighted by molar-refractivity contribution is 5.95. The van der Waals surface area contributed by atoms with Gasteiger partial charge < -0.3 is 9.64 Å². The van der Waals surface area contributed by atoms with Crippen LogP contribution >= 0.6 is 0 Å². The van der Waals surface area contributed by atoms with E-state index < -0.39 is 5.82 Å². The number of carbonyl (C=O) groups is 2. The number of hydrogen-bond donors (Lipinski definition) is 1. The topological polar surface area (TPSA) is 95.6 Å². The number of halogens is 1. The number of aromatic nitrogens is 2. The number of H-pyrrole nitrogens is 1. The molecular formula is C35H35FN4O4. The van der Waals surface area contributed by atoms with Crippen molar-refractivity contribution in [2.45, 2.75) is 38.7 Å². The van der Waals surface area contributed by atoms with Crippen molar-refractivity contribution in [3.8, 4) is 0 Å². The molecule has 2 aromatic carbocycles. The molecule has 8 nitrogen and oxygen atoms in total. The van der Waals surface area contributed by atoms with Crippen LogP contribution in [0.25, 0.3) is 10.8 Å². The van der Waals surface area contributed by atoms with Gasteiger partial charge in [0.15, 0.2) is 0 Å². The van der Waals surface area contributed by atoms with Gasteiger partial charge in [0.1, 0.15) is 11.9 Å². The van der Waals surface area contributed by atoms with Gasteiger partial charge in [0.25, 0.3) is 11.5 Å². The van der Waals surface area contributed by atoms with E-state index in [0.29, 0.717) is 49.3 Å². The number of rotatable bonds is 5. The molecule has 0 radical (unpaired) electrons. The largest absolute Gasteiger partial charge is 0.458 e. The van der Waals surface area contributed by atoms with E-state index in [-0.39, 0.29) is 40.4 Å². The van der Waals surface area contributed by atoms with E-state index in [9.17, 15) is 18.8 Å². The third-order valence-corrected chi connectivity index (χ3v) is 9.87. The number of allylic oxidation sites excluding steroid dienone is 1. The number of ether oxygens (including phenoxy) is 1. The van der Waals surface area contributed by atoms with Crippen LogP contribution in [0.3, 0.4) is 0 Å². The average molecular weight is 595 g/mol. The predicted octanol–water partition coefficient (Wildman–Crippen LogP) is 4.57. The first-order chi connectivity index (χ1) is 21.2. The van der Waals surface area contributed by atoms with Crippen molar-refractivity contribution in [2.24, 2.45) is 11.3 Å². The summed E-state index contributed by atoms with van der Waals surface area (Å²) in [6.45, 7) is 9.40. The molecule has 1 amide bonds. The zero-order valence-electron chi connectivity index (χ0n) is 24.8. The van der Waals surface area contributed by atoms with Crippen LogP contribution in [0.4, 0.5) is 4.39 Å². The Hall–Kier alpha value is -4.37. The molecule has 226 valence electrons. The molecule has 1 N–H and O–H groups in total. The molecule has 3 atom stereocenters. The van der Waals surface area contributed by atoms with Crippen molar-refractivity contribution in [1.29, 1.82) is 0 Å². The number of fused-ring (bicyclic) bond motifs is 3. The molecule has 0 saturated carbocycles. The van der Waals surface area contributed by atoms with Crippen LogP contribution < -0.4 is 5.56 Å². The van der Waals surface area contributed by atoms with Crippen molar-refractivity contribution >= 4 is 22.6 Å². The predicted molar refractivity (Wildman–Crippen MR) is 165 cm³/mol. The van der Waals surface area contributed by atoms with Gasteiger partial charge in [-0.15, -0.1) is 0 Å². The van der Waals surface area contributed by atoms with Crippen LogP contribution in [-0.2, 0) is 16.0 Å². The Kier molecular flexibility index (Phi) is 7.08. The van der Waals surface area contributed by atoms with Crippen molar-refractivity contribution in [2.75, 3.05) is 32.7 Å². The minimum Gasteiger partial charge on any atom is -0.458 e. The Labute approximate surface area is 254 Å². The van der Waals surface area contributed by atoms with Gasteiger partial charge in [-0.05, 0) is 59.6 Å². The number of nitrogens with one attached hydrogen (secondary N) is 1. The van der Waals surface area contributed by atoms with E-state index in [4.69, 9.17) is 4.74 Å². The fourth-order valence-electron chi connectivity index (χ4n) is 7.38. The normalized spacial score (nSPS) is 25.3. The lowest BCUT2D eigenvalue weighted by atomic mass is 9.62. The summed E-state index contributed by atoms with van der Waals surface area (Å²) in [7, 11) is 0. The van der Waals surface area contributed by atoms with E-state index >= 15 is 0 Å². The summed E-state index contributed by atoms with van der Waals surface area (Å²) in [5.41, 5.74) is 4.28. The Morgan fingerprint density at radius 3 is 2.70 bits per heavy atom. The maximum atomic E-state index is 15.0. The quantitative estimate of drug-likeness (QED) is 0.344. The average Bonchev–Trinajstić information content (AvgIpc) is 3.29. The summed E-state index contributed by atoms with van der Waals surface area (Å²) in [4.78, 5) is 41.9. The minimum absolute atomic E-state index is 0.0344. The smallest absolute Gasteiger partial charge is 0.334 e. The molecule has 3 aromatic rings. The molecule has 0 bridgehead atoms. The lowest BCUT2D eigenvalue weighted by molar-refractivity contribution is -0.140. The first-order valence-corrected chi connectivity index (χ1v) is 15.3. The molecule has 44 heavy (non-hydrogen) atoms. The number of aromatic amines is 1. The summed E-state index contributed by atoms with van der Waals surface area (Å²) in [5.74, 6) is -1.22. The lowest BCUT2D eigenvalue weighted by Gasteiger charge is -2.44. The number of amides is 1. The molecule has 1 aromatic heterocycles. The lowest BCUT2D eigenvalue weighted by Crippen LogP contribution is -2.49. The summed E-state index contributed by atoms with van der Waals surface area (Å²) < 4.78 is 20.6. The minimum atomic E-state index is -0.550. The first kappa shape index (κ1) is 28.4. The first-order valence-electron chi connectivity index (χ1n) is 15.3. The maximum absolute atomic E-state index is 15.0. The van der Waals surface area contributed by atoms with E-state index in [0.717, 1.165) is 36.8 Å². The molecule has 9 heteroatoms. The van der Waals surface area contributed by atoms with Gasteiger partial charge >= 0.3 is 5.97 Å². The Morgan fingerprint density at radius 1 is 1.14 bits per heavy atom. The van der Waals surface area contributed by atoms with E-state index in [1.54, 1.807) is 29.2 Å². The van der Waals surface area contributed by atoms with Gasteiger partial charge in [0.05, 0.1) is 16.6 Å². The molecule has 7 rings (SSSR count). The fourth-order valence-corrected chi connectivity index (χ4v) is 7.38. The second kappa shape index (κ2) is 11.0. The van der Waals surface area contributed by atoms with Crippen molar-refractivity contribution in [3.05, 3.63) is 111 Å². The summed E-state index contributed by atoms with van der Waals surface area (Å²) in [6.07, 6.45) is 7.58. The Balaban J connectivity index is 1.03. The van der Waals surface area contributed by atoms with Crippen molar-refractivity contribution < 1.29 is 18.7 Å². The number of hydrogen-bond acceptors (Lipinski definition) is 6. The third kappa shape index (κ3) is 4.99. The fraction of sp³-hybridized carbons (Fsp3) is 0.371. The second-order valence-corrected chi connectivity index (χ2v) is 12.7. The standard InChI is InChI=1S/C35H35FN4O4/c1-21-26-18-28-23(6-5-11-35(28,2)19-31(26)44-34(21)43)20-39-12-14-40(15-13-39)33(42)27-16-22(9-10-29(27)36)17-30-24-7-3-4-8-25(24)32(41)38-37-30/h3-4,6-10,16,18,26,31H,1,5,11-15,17,19-20H2,2H3,(H,38,41)/t26?,31?,35-/m1/s1. The molecule has 2 aliphatic carbocycles. The maximum Gasteiger partial charge on any atom is 0.334 e. The van der Waals surface area contributed by atoms with Crippen LogP contribution in [-0.4, -0.2) is 70.7 Å². The molecular weight excluding hydrogens is 559 g/mol. The number of piperazine rings is 1. The zero-order chi connectivity index (χ0) is 30.6. The summed E-state index contributed by atoms with van der Waals surface area (Å²) in [6, 6.07) is 11.8. The molecule has 2 saturated heterocycles. The molecule has 0 spiro atoms. The Morgan fingerprint density at radius 2 is 1.91 bits per heavy atom. The number of benzene rings is 2. The number of nitrogens with zero attached hydrogens (tertiary/aromatic N) is 3. The summed E-state index contributed by atoms with van der Waals surface area (Å²) >= 11 is 0. The second-order valence-electron chi connectivity index (χ2n) is 12.7. The van der Waals surface area contributed by atoms with Crippen LogP contribution in [0.15, 0.2) is 82.7 Å². The van der Waals surface area contributed by atoms with Gasteiger partial charge in [-0.3, -0.25) is 14.5 Å². The highest BCUT2D eigenvalue weighted by Crippen LogP contribution is 2.52. The van der Waals surface area contributed by atoms with Crippen molar-refractivity contribution in [3.63, 3.8) is 0 Å². The molecule has 2 unspecified atom stereocenters. The zero-order valence-corrected chi connectivity index (χ0v) is 24.8. The van der Waals surface area contributed by atoms with Gasteiger partial charge in [-0.2, -0.15) is 5.10 Å². The van der Waals surface area contributed by atoms with Crippen LogP contribution in [0.2, 0.25) is 0 Å². The highest BCUT2D eigenvalue weighted by Gasteiger charge is 2.48. The van der Waals surface area contributed by atoms with Crippen LogP contribution in [0.1, 0.15) is 47.8 Å². The summed E-state index contributed by atoms with van der Waals surface area (Å²) in [5, 5.41) is 8.04. The molecule has 2 fully saturated rings. The molecule has 3 heterocycles. The molecule has 4 aliphatic rings. The highest BCUT2D eigenvalue weighted by atomic mass is 19.1. The van der Waals surface area contributed by atoms with E-state index in [1.807, 2.05) is 12.1 Å². The van der Waals surface area contributed by atoms with Crippen LogP contribution in [0, 0.1) is 17.2 Å². The monoisotopic (exact) mass is 594 g/mol. The van der Waals surface area contributed by atoms with Crippen LogP contribution in [0.5, 0.6) is 0 Å². The van der Waals surface area contributed by atoms with Gasteiger partial charge in [-0.25, -0.2) is 14.3 Å². The van der Waals surface area contributed by atoms with E-state index in [2.05, 4.69) is 40.8 Å². The SMILES string of the molecule is C=C1C(=O)OC2C[C@@]3(C)CCC=C(CN4CCN(C(=O)c5cc(Cc6n[nH]c(=O)c7ccccc67)ccc5F)CC4)C3=CC12. The number of carbonyl (C=O) groups excluding carboxylic acids is 2. The van der Waals surface area contributed by atoms with Gasteiger partial charge in [0.2, 0.25) is 0 Å². The number of esters is 1. The van der Waals surface area contributed by atoms with Gasteiger partial charge in [0, 0.05) is 56.0 Å². The molecule has 2 aliphatic heterocycles.